The van der Waals surface area contributed by atoms with Crippen LogP contribution in [0.15, 0.2) is 235 Å². The summed E-state index contributed by atoms with van der Waals surface area (Å²) < 4.78 is 8.93. The SMILES string of the molecule is c1ccc(-c2ccccc2-c2nc(-c3ccccc3-c3ccccc3)nc(-c3ccc(-n4c5ccccc5c5cc6ccccc6cc54)cc3-c3ccc4c(c3)oc3ccccc34)n2)cc1. The Morgan fingerprint density at radius 3 is 1.47 bits per heavy atom. The lowest BCUT2D eigenvalue weighted by Gasteiger charge is -2.17. The summed E-state index contributed by atoms with van der Waals surface area (Å²) in [5.74, 6) is 1.75. The summed E-state index contributed by atoms with van der Waals surface area (Å²) in [5.41, 5.74) is 13.9. The van der Waals surface area contributed by atoms with Crippen LogP contribution in [0.3, 0.4) is 0 Å². The van der Waals surface area contributed by atoms with Gasteiger partial charge in [0.15, 0.2) is 17.5 Å². The van der Waals surface area contributed by atoms with E-state index in [4.69, 9.17) is 19.4 Å². The minimum absolute atomic E-state index is 0.570. The highest BCUT2D eigenvalue weighted by molar-refractivity contribution is 6.14. The van der Waals surface area contributed by atoms with Crippen molar-refractivity contribution in [1.29, 1.82) is 0 Å². The zero-order valence-corrected chi connectivity index (χ0v) is 35.6. The zero-order chi connectivity index (χ0) is 43.6. The lowest BCUT2D eigenvalue weighted by molar-refractivity contribution is 0.669. The molecule has 0 aliphatic rings. The van der Waals surface area contributed by atoms with Gasteiger partial charge in [-0.1, -0.05) is 176 Å². The van der Waals surface area contributed by atoms with Crippen molar-refractivity contribution in [3.8, 4) is 73.2 Å². The molecule has 13 aromatic rings. The van der Waals surface area contributed by atoms with Gasteiger partial charge in [-0.05, 0) is 98.8 Å². The topological polar surface area (TPSA) is 56.7 Å². The highest BCUT2D eigenvalue weighted by Gasteiger charge is 2.22. The number of furan rings is 1. The molecule has 0 saturated carbocycles. The number of benzene rings is 10. The predicted molar refractivity (Wildman–Crippen MR) is 272 cm³/mol. The molecule has 13 rings (SSSR count). The smallest absolute Gasteiger partial charge is 0.164 e. The third-order valence-electron chi connectivity index (χ3n) is 12.9. The lowest BCUT2D eigenvalue weighted by Crippen LogP contribution is -2.03. The van der Waals surface area contributed by atoms with Gasteiger partial charge in [0.05, 0.1) is 11.0 Å². The summed E-state index contributed by atoms with van der Waals surface area (Å²) >= 11 is 0. The van der Waals surface area contributed by atoms with E-state index in [0.717, 1.165) is 88.7 Å². The average Bonchev–Trinajstić information content (AvgIpc) is 3.93. The van der Waals surface area contributed by atoms with E-state index < -0.39 is 0 Å². The number of hydrogen-bond donors (Lipinski definition) is 0. The van der Waals surface area contributed by atoms with E-state index in [1.807, 2.05) is 24.3 Å². The lowest BCUT2D eigenvalue weighted by atomic mass is 9.96. The van der Waals surface area contributed by atoms with Crippen molar-refractivity contribution in [2.75, 3.05) is 0 Å². The molecule has 0 amide bonds. The van der Waals surface area contributed by atoms with Crippen LogP contribution in [-0.2, 0) is 0 Å². The van der Waals surface area contributed by atoms with Crippen molar-refractivity contribution >= 4 is 54.5 Å². The summed E-state index contributed by atoms with van der Waals surface area (Å²) in [7, 11) is 0. The van der Waals surface area contributed by atoms with Crippen LogP contribution in [0.2, 0.25) is 0 Å². The first-order chi connectivity index (χ1) is 32.7. The molecule has 3 aromatic heterocycles. The molecule has 0 N–H and O–H groups in total. The minimum Gasteiger partial charge on any atom is -0.456 e. The first-order valence-electron chi connectivity index (χ1n) is 22.3. The van der Waals surface area contributed by atoms with Gasteiger partial charge in [0.1, 0.15) is 11.2 Å². The third kappa shape index (κ3) is 6.28. The standard InChI is InChI=1S/C61H38N4O/c1-3-17-39(18-4-1)45-23-9-11-27-50(45)59-62-60(51-28-12-10-24-46(51)40-19-5-2-6-20-40)64-61(63-59)52-34-32-44(38-53(52)43-31-33-49-48-26-14-16-30-57(48)66-58(49)37-43)65-55-29-15-13-25-47(55)54-35-41-21-7-8-22-42(41)36-56(54)65/h1-38H. The molecule has 0 spiro atoms. The fourth-order valence-electron chi connectivity index (χ4n) is 9.76. The number of fused-ring (bicyclic) bond motifs is 7. The van der Waals surface area contributed by atoms with Gasteiger partial charge in [0.2, 0.25) is 0 Å². The molecule has 0 atom stereocenters. The van der Waals surface area contributed by atoms with Crippen molar-refractivity contribution in [1.82, 2.24) is 19.5 Å². The maximum atomic E-state index is 6.54. The molecule has 0 saturated heterocycles. The van der Waals surface area contributed by atoms with Crippen molar-refractivity contribution < 1.29 is 4.42 Å². The molecule has 0 radical (unpaired) electrons. The fraction of sp³-hybridized carbons (Fsp3) is 0. The van der Waals surface area contributed by atoms with Crippen LogP contribution in [0.4, 0.5) is 0 Å². The van der Waals surface area contributed by atoms with Crippen molar-refractivity contribution in [2.45, 2.75) is 0 Å². The van der Waals surface area contributed by atoms with Gasteiger partial charge < -0.3 is 8.98 Å². The Bertz CT molecular complexity index is 3900. The second-order valence-electron chi connectivity index (χ2n) is 16.7. The van der Waals surface area contributed by atoms with Gasteiger partial charge in [0.25, 0.3) is 0 Å². The van der Waals surface area contributed by atoms with E-state index in [0.29, 0.717) is 17.5 Å². The maximum absolute atomic E-state index is 6.54. The molecule has 10 aromatic carbocycles. The maximum Gasteiger partial charge on any atom is 0.164 e. The first kappa shape index (κ1) is 37.6. The van der Waals surface area contributed by atoms with Gasteiger partial charge in [-0.2, -0.15) is 0 Å². The summed E-state index contributed by atoms with van der Waals surface area (Å²) in [5, 5.41) is 6.98. The van der Waals surface area contributed by atoms with E-state index in [1.54, 1.807) is 0 Å². The van der Waals surface area contributed by atoms with Gasteiger partial charge in [0, 0.05) is 43.9 Å². The molecule has 66 heavy (non-hydrogen) atoms. The van der Waals surface area contributed by atoms with Gasteiger partial charge in [-0.25, -0.2) is 15.0 Å². The monoisotopic (exact) mass is 842 g/mol. The normalized spacial score (nSPS) is 11.6. The Kier molecular flexibility index (Phi) is 8.78. The van der Waals surface area contributed by atoms with Crippen LogP contribution in [0.1, 0.15) is 0 Å². The Morgan fingerprint density at radius 2 is 0.803 bits per heavy atom. The minimum atomic E-state index is 0.570. The molecule has 0 aliphatic heterocycles. The van der Waals surface area contributed by atoms with Crippen LogP contribution in [0.25, 0.3) is 128 Å². The quantitative estimate of drug-likeness (QED) is 0.160. The molecule has 5 nitrogen and oxygen atoms in total. The number of hydrogen-bond acceptors (Lipinski definition) is 4. The Labute approximate surface area is 380 Å². The van der Waals surface area contributed by atoms with E-state index in [9.17, 15) is 0 Å². The van der Waals surface area contributed by atoms with Crippen molar-refractivity contribution in [3.05, 3.63) is 231 Å². The van der Waals surface area contributed by atoms with Crippen LogP contribution in [0, 0.1) is 0 Å². The van der Waals surface area contributed by atoms with Crippen LogP contribution in [0.5, 0.6) is 0 Å². The van der Waals surface area contributed by atoms with E-state index in [1.165, 1.54) is 21.5 Å². The third-order valence-corrected chi connectivity index (χ3v) is 12.9. The zero-order valence-electron chi connectivity index (χ0n) is 35.6. The Hall–Kier alpha value is -8.93. The summed E-state index contributed by atoms with van der Waals surface area (Å²) in [6, 6.07) is 81.0. The highest BCUT2D eigenvalue weighted by atomic mass is 16.3. The number of nitrogens with zero attached hydrogens (tertiary/aromatic N) is 4. The largest absolute Gasteiger partial charge is 0.456 e. The molecule has 308 valence electrons. The number of rotatable bonds is 7. The molecule has 0 unspecified atom stereocenters. The first-order valence-corrected chi connectivity index (χ1v) is 22.3. The Balaban J connectivity index is 1.10. The number of aromatic nitrogens is 4. The fourth-order valence-corrected chi connectivity index (χ4v) is 9.76. The van der Waals surface area contributed by atoms with Crippen LogP contribution < -0.4 is 0 Å². The molecule has 5 heteroatoms. The van der Waals surface area contributed by atoms with Gasteiger partial charge in [-0.15, -0.1) is 0 Å². The van der Waals surface area contributed by atoms with Crippen molar-refractivity contribution in [2.24, 2.45) is 0 Å². The average molecular weight is 843 g/mol. The van der Waals surface area contributed by atoms with Crippen molar-refractivity contribution in [3.63, 3.8) is 0 Å². The molecule has 3 heterocycles. The molecule has 0 bridgehead atoms. The van der Waals surface area contributed by atoms with E-state index in [2.05, 4.69) is 211 Å². The van der Waals surface area contributed by atoms with E-state index in [-0.39, 0.29) is 0 Å². The van der Waals surface area contributed by atoms with E-state index >= 15 is 0 Å². The summed E-state index contributed by atoms with van der Waals surface area (Å²) in [6.45, 7) is 0. The number of para-hydroxylation sites is 2. The predicted octanol–water partition coefficient (Wildman–Crippen LogP) is 16.0. The molecular formula is C61H38N4O. The Morgan fingerprint density at radius 1 is 0.288 bits per heavy atom. The molecule has 0 aliphatic carbocycles. The van der Waals surface area contributed by atoms with Crippen LogP contribution in [-0.4, -0.2) is 19.5 Å². The van der Waals surface area contributed by atoms with Gasteiger partial charge in [-0.3, -0.25) is 0 Å². The second kappa shape index (κ2) is 15.4. The molecule has 0 fully saturated rings. The second-order valence-corrected chi connectivity index (χ2v) is 16.7. The molecular weight excluding hydrogens is 805 g/mol. The highest BCUT2D eigenvalue weighted by Crippen LogP contribution is 2.42. The summed E-state index contributed by atoms with van der Waals surface area (Å²) in [4.78, 5) is 16.2. The summed E-state index contributed by atoms with van der Waals surface area (Å²) in [6.07, 6.45) is 0. The van der Waals surface area contributed by atoms with Crippen LogP contribution >= 0.6 is 0 Å². The van der Waals surface area contributed by atoms with Gasteiger partial charge >= 0.3 is 0 Å².